The van der Waals surface area contributed by atoms with E-state index in [0.29, 0.717) is 17.8 Å². The number of carbonyl (C=O) groups excluding carboxylic acids is 1. The molecular formula is C22H26N4O3S. The van der Waals surface area contributed by atoms with Crippen LogP contribution in [0.25, 0.3) is 0 Å². The summed E-state index contributed by atoms with van der Waals surface area (Å²) in [6.45, 7) is 6.40. The molecule has 0 unspecified atom stereocenters. The summed E-state index contributed by atoms with van der Waals surface area (Å²) < 4.78 is 28.1. The lowest BCUT2D eigenvalue weighted by Crippen LogP contribution is -2.27. The summed E-state index contributed by atoms with van der Waals surface area (Å²) in [5.41, 5.74) is 1.63. The monoisotopic (exact) mass is 426 g/mol. The first-order valence-electron chi connectivity index (χ1n) is 9.66. The highest BCUT2D eigenvalue weighted by Crippen LogP contribution is 2.25. The van der Waals surface area contributed by atoms with E-state index in [9.17, 15) is 13.2 Å². The Morgan fingerprint density at radius 1 is 1.10 bits per heavy atom. The van der Waals surface area contributed by atoms with Crippen molar-refractivity contribution in [2.45, 2.75) is 37.5 Å². The average molecular weight is 427 g/mol. The number of rotatable bonds is 7. The van der Waals surface area contributed by atoms with Gasteiger partial charge in [-0.05, 0) is 35.2 Å². The fraction of sp³-hybridized carbons (Fsp3) is 0.273. The van der Waals surface area contributed by atoms with Crippen LogP contribution in [-0.2, 0) is 21.9 Å². The SMILES string of the molecule is CC(C)(C)c1cccc(C(=O)Nc2ccccc2S(=O)(=O)NCCc2ncc[nH]2)c1. The first-order valence-corrected chi connectivity index (χ1v) is 11.1. The number of H-pyrrole nitrogens is 1. The molecule has 1 heterocycles. The molecule has 0 aliphatic rings. The number of sulfonamides is 1. The molecule has 0 spiro atoms. The van der Waals surface area contributed by atoms with E-state index in [1.54, 1.807) is 36.7 Å². The minimum atomic E-state index is -3.81. The van der Waals surface area contributed by atoms with Gasteiger partial charge < -0.3 is 10.3 Å². The Morgan fingerprint density at radius 3 is 2.57 bits per heavy atom. The number of benzene rings is 2. The molecule has 30 heavy (non-hydrogen) atoms. The van der Waals surface area contributed by atoms with E-state index >= 15 is 0 Å². The molecule has 1 aromatic heterocycles. The van der Waals surface area contributed by atoms with Crippen molar-refractivity contribution >= 4 is 21.6 Å². The normalized spacial score (nSPS) is 12.0. The second-order valence-corrected chi connectivity index (χ2v) is 9.70. The molecule has 158 valence electrons. The number of hydrogen-bond acceptors (Lipinski definition) is 4. The van der Waals surface area contributed by atoms with Crippen LogP contribution in [0.4, 0.5) is 5.69 Å². The Morgan fingerprint density at radius 2 is 1.87 bits per heavy atom. The van der Waals surface area contributed by atoms with Crippen LogP contribution in [0, 0.1) is 0 Å². The van der Waals surface area contributed by atoms with E-state index in [2.05, 4.69) is 40.8 Å². The van der Waals surface area contributed by atoms with Crippen molar-refractivity contribution in [2.24, 2.45) is 0 Å². The molecule has 7 nitrogen and oxygen atoms in total. The van der Waals surface area contributed by atoms with E-state index in [0.717, 1.165) is 5.56 Å². The van der Waals surface area contributed by atoms with Crippen LogP contribution in [0.1, 0.15) is 42.5 Å². The Bertz CT molecular complexity index is 1120. The molecule has 3 aromatic rings. The standard InChI is InChI=1S/C22H26N4O3S/c1-22(2,3)17-8-6-7-16(15-17)21(27)26-18-9-4-5-10-19(18)30(28,29)25-12-11-20-23-13-14-24-20/h4-10,13-15,25H,11-12H2,1-3H3,(H,23,24)(H,26,27). The second kappa shape index (κ2) is 8.81. The smallest absolute Gasteiger partial charge is 0.255 e. The van der Waals surface area contributed by atoms with Gasteiger partial charge in [0.05, 0.1) is 5.69 Å². The van der Waals surface area contributed by atoms with Gasteiger partial charge in [0, 0.05) is 30.9 Å². The van der Waals surface area contributed by atoms with Crippen molar-refractivity contribution in [1.82, 2.24) is 14.7 Å². The molecule has 0 aliphatic carbocycles. The minimum absolute atomic E-state index is 0.0183. The van der Waals surface area contributed by atoms with Crippen molar-refractivity contribution in [3.8, 4) is 0 Å². The highest BCUT2D eigenvalue weighted by molar-refractivity contribution is 7.89. The minimum Gasteiger partial charge on any atom is -0.349 e. The van der Waals surface area contributed by atoms with Crippen LogP contribution in [-0.4, -0.2) is 30.8 Å². The first kappa shape index (κ1) is 21.7. The third-order valence-electron chi connectivity index (χ3n) is 4.62. The molecule has 0 fully saturated rings. The van der Waals surface area contributed by atoms with Gasteiger partial charge in [0.25, 0.3) is 5.91 Å². The number of imidazole rings is 1. The van der Waals surface area contributed by atoms with E-state index in [1.165, 1.54) is 6.07 Å². The van der Waals surface area contributed by atoms with Gasteiger partial charge >= 0.3 is 0 Å². The zero-order chi connectivity index (χ0) is 21.8. The van der Waals surface area contributed by atoms with Crippen LogP contribution < -0.4 is 10.0 Å². The number of carbonyl (C=O) groups is 1. The van der Waals surface area contributed by atoms with Crippen molar-refractivity contribution in [1.29, 1.82) is 0 Å². The maximum Gasteiger partial charge on any atom is 0.255 e. The Balaban J connectivity index is 1.77. The lowest BCUT2D eigenvalue weighted by Gasteiger charge is -2.19. The Hall–Kier alpha value is -2.97. The number of para-hydroxylation sites is 1. The molecule has 3 rings (SSSR count). The van der Waals surface area contributed by atoms with Crippen LogP contribution >= 0.6 is 0 Å². The zero-order valence-electron chi connectivity index (χ0n) is 17.3. The van der Waals surface area contributed by atoms with E-state index in [1.807, 2.05) is 18.2 Å². The van der Waals surface area contributed by atoms with Crippen LogP contribution in [0.2, 0.25) is 0 Å². The van der Waals surface area contributed by atoms with E-state index < -0.39 is 10.0 Å². The molecule has 0 radical (unpaired) electrons. The molecule has 0 atom stereocenters. The molecule has 3 N–H and O–H groups in total. The fourth-order valence-electron chi connectivity index (χ4n) is 2.94. The Labute approximate surface area is 177 Å². The summed E-state index contributed by atoms with van der Waals surface area (Å²) in [5, 5.41) is 2.74. The van der Waals surface area contributed by atoms with Gasteiger partial charge in [0.2, 0.25) is 10.0 Å². The molecule has 0 aliphatic heterocycles. The molecule has 0 saturated heterocycles. The van der Waals surface area contributed by atoms with Crippen molar-refractivity contribution in [3.05, 3.63) is 77.9 Å². The number of amides is 1. The van der Waals surface area contributed by atoms with Gasteiger partial charge in [-0.1, -0.05) is 45.0 Å². The van der Waals surface area contributed by atoms with Gasteiger partial charge in [-0.2, -0.15) is 0 Å². The van der Waals surface area contributed by atoms with Crippen LogP contribution in [0.3, 0.4) is 0 Å². The highest BCUT2D eigenvalue weighted by atomic mass is 32.2. The number of hydrogen-bond donors (Lipinski definition) is 3. The van der Waals surface area contributed by atoms with Gasteiger partial charge in [0.1, 0.15) is 10.7 Å². The predicted octanol–water partition coefficient (Wildman–Crippen LogP) is 3.48. The van der Waals surface area contributed by atoms with Crippen molar-refractivity contribution in [3.63, 3.8) is 0 Å². The number of aromatic nitrogens is 2. The van der Waals surface area contributed by atoms with Crippen molar-refractivity contribution < 1.29 is 13.2 Å². The highest BCUT2D eigenvalue weighted by Gasteiger charge is 2.20. The summed E-state index contributed by atoms with van der Waals surface area (Å²) in [6.07, 6.45) is 3.73. The molecular weight excluding hydrogens is 400 g/mol. The summed E-state index contributed by atoms with van der Waals surface area (Å²) in [4.78, 5) is 19.8. The van der Waals surface area contributed by atoms with Crippen LogP contribution in [0.5, 0.6) is 0 Å². The molecule has 2 aromatic carbocycles. The van der Waals surface area contributed by atoms with E-state index in [-0.39, 0.29) is 28.4 Å². The van der Waals surface area contributed by atoms with E-state index in [4.69, 9.17) is 0 Å². The lowest BCUT2D eigenvalue weighted by atomic mass is 9.86. The van der Waals surface area contributed by atoms with Gasteiger partial charge in [-0.3, -0.25) is 4.79 Å². The predicted molar refractivity (Wildman–Crippen MR) is 117 cm³/mol. The molecule has 0 bridgehead atoms. The largest absolute Gasteiger partial charge is 0.349 e. The number of nitrogens with one attached hydrogen (secondary N) is 3. The van der Waals surface area contributed by atoms with Gasteiger partial charge in [-0.15, -0.1) is 0 Å². The summed E-state index contributed by atoms with van der Waals surface area (Å²) in [6, 6.07) is 13.7. The molecule has 8 heteroatoms. The Kier molecular flexibility index (Phi) is 6.38. The van der Waals surface area contributed by atoms with Gasteiger partial charge in [-0.25, -0.2) is 18.1 Å². The topological polar surface area (TPSA) is 104 Å². The van der Waals surface area contributed by atoms with Gasteiger partial charge in [0.15, 0.2) is 0 Å². The molecule has 0 saturated carbocycles. The maximum atomic E-state index is 12.8. The fourth-order valence-corrected chi connectivity index (χ4v) is 4.13. The van der Waals surface area contributed by atoms with Crippen LogP contribution in [0.15, 0.2) is 65.8 Å². The third-order valence-corrected chi connectivity index (χ3v) is 6.14. The number of aromatic amines is 1. The second-order valence-electron chi connectivity index (χ2n) is 7.96. The quantitative estimate of drug-likeness (QED) is 0.538. The zero-order valence-corrected chi connectivity index (χ0v) is 18.1. The number of anilines is 1. The summed E-state index contributed by atoms with van der Waals surface area (Å²) in [5.74, 6) is 0.331. The lowest BCUT2D eigenvalue weighted by molar-refractivity contribution is 0.102. The summed E-state index contributed by atoms with van der Waals surface area (Å²) >= 11 is 0. The first-order chi connectivity index (χ1) is 14.2. The third kappa shape index (κ3) is 5.34. The maximum absolute atomic E-state index is 12.8. The molecule has 1 amide bonds. The average Bonchev–Trinajstić information content (AvgIpc) is 3.21. The van der Waals surface area contributed by atoms with Crippen molar-refractivity contribution in [2.75, 3.05) is 11.9 Å². The number of nitrogens with zero attached hydrogens (tertiary/aromatic N) is 1. The summed E-state index contributed by atoms with van der Waals surface area (Å²) in [7, 11) is -3.81.